The van der Waals surface area contributed by atoms with Crippen LogP contribution in [0.3, 0.4) is 0 Å². The summed E-state index contributed by atoms with van der Waals surface area (Å²) in [5.41, 5.74) is 0.847. The van der Waals surface area contributed by atoms with Gasteiger partial charge in [-0.15, -0.1) is 0 Å². The Morgan fingerprint density at radius 3 is 3.07 bits per heavy atom. The van der Waals surface area contributed by atoms with Crippen LogP contribution in [-0.4, -0.2) is 17.6 Å². The number of hydrogen-bond donors (Lipinski definition) is 1. The highest BCUT2D eigenvalue weighted by Crippen LogP contribution is 2.01. The van der Waals surface area contributed by atoms with Gasteiger partial charge in [-0.3, -0.25) is 4.79 Å². The average Bonchev–Trinajstić information content (AvgIpc) is 2.52. The standard InChI is InChI=1S/C10H12N2O2/c1-3-4-10(13)11-6-5-9-7-8(2)12-14-9/h7H,5-6H2,1-2H3,(H,11,13). The molecule has 0 fully saturated rings. The monoisotopic (exact) mass is 192 g/mol. The highest BCUT2D eigenvalue weighted by atomic mass is 16.5. The zero-order valence-corrected chi connectivity index (χ0v) is 8.26. The van der Waals surface area contributed by atoms with Crippen molar-refractivity contribution in [1.29, 1.82) is 0 Å². The van der Waals surface area contributed by atoms with E-state index in [1.54, 1.807) is 6.92 Å². The third-order valence-corrected chi connectivity index (χ3v) is 1.57. The molecule has 4 nitrogen and oxygen atoms in total. The van der Waals surface area contributed by atoms with Crippen molar-refractivity contribution in [3.05, 3.63) is 17.5 Å². The first-order chi connectivity index (χ1) is 6.72. The van der Waals surface area contributed by atoms with Crippen molar-refractivity contribution in [3.63, 3.8) is 0 Å². The molecular weight excluding hydrogens is 180 g/mol. The fraction of sp³-hybridized carbons (Fsp3) is 0.400. The highest BCUT2D eigenvalue weighted by Gasteiger charge is 2.00. The van der Waals surface area contributed by atoms with Crippen molar-refractivity contribution in [2.75, 3.05) is 6.54 Å². The smallest absolute Gasteiger partial charge is 0.295 e. The molecule has 0 saturated heterocycles. The van der Waals surface area contributed by atoms with E-state index in [1.165, 1.54) is 0 Å². The van der Waals surface area contributed by atoms with E-state index in [0.29, 0.717) is 13.0 Å². The summed E-state index contributed by atoms with van der Waals surface area (Å²) in [5, 5.41) is 6.38. The molecule has 0 aliphatic carbocycles. The Morgan fingerprint density at radius 2 is 2.50 bits per heavy atom. The van der Waals surface area contributed by atoms with Crippen LogP contribution in [0.5, 0.6) is 0 Å². The summed E-state index contributed by atoms with van der Waals surface area (Å²) < 4.78 is 4.97. The first-order valence-electron chi connectivity index (χ1n) is 4.35. The predicted molar refractivity (Wildman–Crippen MR) is 51.4 cm³/mol. The largest absolute Gasteiger partial charge is 0.361 e. The van der Waals surface area contributed by atoms with Crippen LogP contribution in [0.1, 0.15) is 18.4 Å². The van der Waals surface area contributed by atoms with Crippen LogP contribution in [-0.2, 0) is 11.2 Å². The molecule has 0 aromatic carbocycles. The molecule has 1 amide bonds. The quantitative estimate of drug-likeness (QED) is 0.716. The van der Waals surface area contributed by atoms with E-state index in [4.69, 9.17) is 4.52 Å². The summed E-state index contributed by atoms with van der Waals surface area (Å²) in [7, 11) is 0. The van der Waals surface area contributed by atoms with Gasteiger partial charge in [0.25, 0.3) is 5.91 Å². The van der Waals surface area contributed by atoms with Crippen LogP contribution in [0.2, 0.25) is 0 Å². The van der Waals surface area contributed by atoms with Crippen molar-refractivity contribution in [3.8, 4) is 11.8 Å². The van der Waals surface area contributed by atoms with E-state index in [-0.39, 0.29) is 5.91 Å². The lowest BCUT2D eigenvalue weighted by Gasteiger charge is -1.96. The van der Waals surface area contributed by atoms with Crippen LogP contribution in [0, 0.1) is 18.8 Å². The van der Waals surface area contributed by atoms with Gasteiger partial charge in [0.15, 0.2) is 0 Å². The van der Waals surface area contributed by atoms with Gasteiger partial charge in [-0.05, 0) is 19.8 Å². The number of carbonyl (C=O) groups is 1. The van der Waals surface area contributed by atoms with Gasteiger partial charge in [0.05, 0.1) is 5.69 Å². The molecule has 0 unspecified atom stereocenters. The number of nitrogens with zero attached hydrogens (tertiary/aromatic N) is 1. The van der Waals surface area contributed by atoms with Crippen molar-refractivity contribution in [2.45, 2.75) is 20.3 Å². The Balaban J connectivity index is 2.27. The molecule has 1 aromatic rings. The molecular formula is C10H12N2O2. The van der Waals surface area contributed by atoms with E-state index < -0.39 is 0 Å². The van der Waals surface area contributed by atoms with Gasteiger partial charge in [-0.1, -0.05) is 11.1 Å². The minimum absolute atomic E-state index is 0.260. The van der Waals surface area contributed by atoms with Crippen LogP contribution < -0.4 is 5.32 Å². The van der Waals surface area contributed by atoms with Crippen molar-refractivity contribution in [1.82, 2.24) is 10.5 Å². The number of amides is 1. The molecule has 0 aliphatic heterocycles. The first kappa shape index (κ1) is 10.3. The van der Waals surface area contributed by atoms with Crippen molar-refractivity contribution < 1.29 is 9.32 Å². The molecule has 14 heavy (non-hydrogen) atoms. The lowest BCUT2D eigenvalue weighted by Crippen LogP contribution is -2.23. The minimum atomic E-state index is -0.260. The summed E-state index contributed by atoms with van der Waals surface area (Å²) in [6.07, 6.45) is 0.637. The molecule has 1 rings (SSSR count). The third kappa shape index (κ3) is 3.31. The number of nitrogens with one attached hydrogen (secondary N) is 1. The summed E-state index contributed by atoms with van der Waals surface area (Å²) in [4.78, 5) is 10.9. The Kier molecular flexibility index (Phi) is 3.74. The summed E-state index contributed by atoms with van der Waals surface area (Å²) in [5.74, 6) is 5.42. The zero-order chi connectivity index (χ0) is 10.4. The number of carbonyl (C=O) groups excluding carboxylic acids is 1. The second kappa shape index (κ2) is 5.07. The summed E-state index contributed by atoms with van der Waals surface area (Å²) in [6, 6.07) is 1.84. The predicted octanol–water partition coefficient (Wildman–Crippen LogP) is 0.665. The maximum Gasteiger partial charge on any atom is 0.295 e. The molecule has 0 saturated carbocycles. The Labute approximate surface area is 82.7 Å². The normalized spacial score (nSPS) is 9.00. The van der Waals surface area contributed by atoms with Gasteiger partial charge in [-0.2, -0.15) is 0 Å². The molecule has 0 bridgehead atoms. The number of aromatic nitrogens is 1. The van der Waals surface area contributed by atoms with Gasteiger partial charge in [0, 0.05) is 19.0 Å². The molecule has 0 atom stereocenters. The first-order valence-corrected chi connectivity index (χ1v) is 4.35. The average molecular weight is 192 g/mol. The molecule has 1 heterocycles. The lowest BCUT2D eigenvalue weighted by molar-refractivity contribution is -0.115. The maximum atomic E-state index is 10.9. The van der Waals surface area contributed by atoms with E-state index in [1.807, 2.05) is 13.0 Å². The Hall–Kier alpha value is -1.76. The lowest BCUT2D eigenvalue weighted by atomic mass is 10.3. The number of hydrogen-bond acceptors (Lipinski definition) is 3. The van der Waals surface area contributed by atoms with Crippen LogP contribution >= 0.6 is 0 Å². The fourth-order valence-electron chi connectivity index (χ4n) is 0.991. The maximum absolute atomic E-state index is 10.9. The summed E-state index contributed by atoms with van der Waals surface area (Å²) in [6.45, 7) is 4.00. The van der Waals surface area contributed by atoms with Crippen molar-refractivity contribution in [2.24, 2.45) is 0 Å². The second-order valence-corrected chi connectivity index (χ2v) is 2.82. The Morgan fingerprint density at radius 1 is 1.71 bits per heavy atom. The van der Waals surface area contributed by atoms with E-state index in [2.05, 4.69) is 22.3 Å². The topological polar surface area (TPSA) is 55.1 Å². The molecule has 4 heteroatoms. The minimum Gasteiger partial charge on any atom is -0.361 e. The number of aryl methyl sites for hydroxylation is 1. The van der Waals surface area contributed by atoms with Gasteiger partial charge in [0.1, 0.15) is 5.76 Å². The van der Waals surface area contributed by atoms with E-state index >= 15 is 0 Å². The van der Waals surface area contributed by atoms with Gasteiger partial charge >= 0.3 is 0 Å². The molecule has 1 aromatic heterocycles. The zero-order valence-electron chi connectivity index (χ0n) is 8.26. The van der Waals surface area contributed by atoms with E-state index in [0.717, 1.165) is 11.5 Å². The van der Waals surface area contributed by atoms with Crippen LogP contribution in [0.4, 0.5) is 0 Å². The summed E-state index contributed by atoms with van der Waals surface area (Å²) >= 11 is 0. The molecule has 0 radical (unpaired) electrons. The fourth-order valence-corrected chi connectivity index (χ4v) is 0.991. The van der Waals surface area contributed by atoms with Crippen LogP contribution in [0.15, 0.2) is 10.6 Å². The van der Waals surface area contributed by atoms with Gasteiger partial charge < -0.3 is 9.84 Å². The molecule has 74 valence electrons. The number of rotatable bonds is 3. The molecule has 0 aliphatic rings. The van der Waals surface area contributed by atoms with Crippen LogP contribution in [0.25, 0.3) is 0 Å². The van der Waals surface area contributed by atoms with E-state index in [9.17, 15) is 4.79 Å². The molecule has 1 N–H and O–H groups in total. The highest BCUT2D eigenvalue weighted by molar-refractivity contribution is 5.93. The second-order valence-electron chi connectivity index (χ2n) is 2.82. The van der Waals surface area contributed by atoms with Crippen molar-refractivity contribution >= 4 is 5.91 Å². The SMILES string of the molecule is CC#CC(=O)NCCc1cc(C)no1. The van der Waals surface area contributed by atoms with Gasteiger partial charge in [0.2, 0.25) is 0 Å². The third-order valence-electron chi connectivity index (χ3n) is 1.57. The molecule has 0 spiro atoms. The van der Waals surface area contributed by atoms with Gasteiger partial charge in [-0.25, -0.2) is 0 Å². The Bertz CT molecular complexity index is 371.